The first-order chi connectivity index (χ1) is 10.3. The van der Waals surface area contributed by atoms with Gasteiger partial charge in [0.2, 0.25) is 0 Å². The van der Waals surface area contributed by atoms with E-state index in [4.69, 9.17) is 4.74 Å². The summed E-state index contributed by atoms with van der Waals surface area (Å²) in [6, 6.07) is 11.4. The summed E-state index contributed by atoms with van der Waals surface area (Å²) in [6.45, 7) is 2.77. The lowest BCUT2D eigenvalue weighted by Crippen LogP contribution is -2.25. The van der Waals surface area contributed by atoms with Gasteiger partial charge in [0.15, 0.2) is 0 Å². The minimum atomic E-state index is -0.130. The molecule has 0 bridgehead atoms. The van der Waals surface area contributed by atoms with Crippen molar-refractivity contribution >= 4 is 5.91 Å². The molecule has 0 aliphatic heterocycles. The van der Waals surface area contributed by atoms with Crippen LogP contribution in [0.15, 0.2) is 42.6 Å². The molecule has 0 radical (unpaired) electrons. The molecular weight excluding hydrogens is 264 g/mol. The van der Waals surface area contributed by atoms with Gasteiger partial charge < -0.3 is 10.1 Å². The van der Waals surface area contributed by atoms with Crippen molar-refractivity contribution in [1.82, 2.24) is 10.3 Å². The minimum Gasteiger partial charge on any atom is -0.497 e. The average Bonchev–Trinajstić information content (AvgIpc) is 2.55. The molecule has 0 aliphatic carbocycles. The normalized spacial score (nSPS) is 10.2. The molecule has 21 heavy (non-hydrogen) atoms. The van der Waals surface area contributed by atoms with E-state index in [0.29, 0.717) is 12.2 Å². The van der Waals surface area contributed by atoms with Gasteiger partial charge in [-0.05, 0) is 30.2 Å². The summed E-state index contributed by atoms with van der Waals surface area (Å²) in [6.07, 6.45) is 3.66. The van der Waals surface area contributed by atoms with Crippen molar-refractivity contribution in [2.75, 3.05) is 13.7 Å². The van der Waals surface area contributed by atoms with E-state index in [1.54, 1.807) is 13.3 Å². The molecule has 1 aromatic heterocycles. The number of benzene rings is 1. The Morgan fingerprint density at radius 1 is 1.24 bits per heavy atom. The first-order valence-corrected chi connectivity index (χ1v) is 7.14. The molecule has 0 fully saturated rings. The fourth-order valence-electron chi connectivity index (χ4n) is 2.05. The molecule has 1 amide bonds. The van der Waals surface area contributed by atoms with Gasteiger partial charge in [-0.15, -0.1) is 0 Å². The Hall–Kier alpha value is -2.36. The van der Waals surface area contributed by atoms with Crippen LogP contribution in [0.4, 0.5) is 0 Å². The first kappa shape index (κ1) is 15.0. The number of nitrogens with one attached hydrogen (secondary N) is 1. The number of carbonyl (C=O) groups is 1. The highest BCUT2D eigenvalue weighted by atomic mass is 16.5. The lowest BCUT2D eigenvalue weighted by Gasteiger charge is -2.09. The molecule has 0 unspecified atom stereocenters. The van der Waals surface area contributed by atoms with Crippen LogP contribution in [0.25, 0.3) is 11.1 Å². The summed E-state index contributed by atoms with van der Waals surface area (Å²) in [5, 5.41) is 2.91. The topological polar surface area (TPSA) is 51.2 Å². The Morgan fingerprint density at radius 2 is 2.00 bits per heavy atom. The fraction of sp³-hybridized carbons (Fsp3) is 0.294. The Morgan fingerprint density at radius 3 is 2.67 bits per heavy atom. The van der Waals surface area contributed by atoms with Crippen LogP contribution in [-0.4, -0.2) is 24.5 Å². The molecule has 4 nitrogen and oxygen atoms in total. The molecule has 0 saturated heterocycles. The number of amides is 1. The van der Waals surface area contributed by atoms with Crippen LogP contribution in [0.3, 0.4) is 0 Å². The van der Waals surface area contributed by atoms with Gasteiger partial charge in [0, 0.05) is 18.3 Å². The SMILES string of the molecule is CCCCNC(=O)c1ncccc1-c1ccc(OC)cc1. The average molecular weight is 284 g/mol. The maximum absolute atomic E-state index is 12.2. The standard InChI is InChI=1S/C17H20N2O2/c1-3-4-11-19-17(20)16-15(6-5-12-18-16)13-7-9-14(21-2)10-8-13/h5-10,12H,3-4,11H2,1-2H3,(H,19,20). The third-order valence-electron chi connectivity index (χ3n) is 3.24. The van der Waals surface area contributed by atoms with Gasteiger partial charge >= 0.3 is 0 Å². The summed E-state index contributed by atoms with van der Waals surface area (Å²) in [4.78, 5) is 16.5. The second kappa shape index (κ2) is 7.43. The number of nitrogens with zero attached hydrogens (tertiary/aromatic N) is 1. The van der Waals surface area contributed by atoms with Crippen molar-refractivity contribution in [2.24, 2.45) is 0 Å². The lowest BCUT2D eigenvalue weighted by molar-refractivity contribution is 0.0949. The van der Waals surface area contributed by atoms with Crippen LogP contribution in [0, 0.1) is 0 Å². The van der Waals surface area contributed by atoms with Crippen molar-refractivity contribution in [1.29, 1.82) is 0 Å². The zero-order valence-electron chi connectivity index (χ0n) is 12.4. The highest BCUT2D eigenvalue weighted by Gasteiger charge is 2.13. The highest BCUT2D eigenvalue weighted by molar-refractivity contribution is 5.98. The number of hydrogen-bond donors (Lipinski definition) is 1. The molecule has 0 saturated carbocycles. The molecule has 4 heteroatoms. The summed E-state index contributed by atoms with van der Waals surface area (Å²) in [7, 11) is 1.63. The van der Waals surface area contributed by atoms with Crippen LogP contribution in [-0.2, 0) is 0 Å². The Bertz CT molecular complexity index is 594. The molecular formula is C17H20N2O2. The van der Waals surface area contributed by atoms with E-state index in [-0.39, 0.29) is 5.91 Å². The molecule has 2 aromatic rings. The third-order valence-corrected chi connectivity index (χ3v) is 3.24. The maximum atomic E-state index is 12.2. The van der Waals surface area contributed by atoms with Crippen molar-refractivity contribution in [3.63, 3.8) is 0 Å². The number of carbonyl (C=O) groups excluding carboxylic acids is 1. The maximum Gasteiger partial charge on any atom is 0.270 e. The van der Waals surface area contributed by atoms with E-state index in [1.165, 1.54) is 0 Å². The number of hydrogen-bond acceptors (Lipinski definition) is 3. The number of unbranched alkanes of at least 4 members (excludes halogenated alkanes) is 1. The number of pyridine rings is 1. The monoisotopic (exact) mass is 284 g/mol. The van der Waals surface area contributed by atoms with Crippen molar-refractivity contribution in [3.05, 3.63) is 48.3 Å². The summed E-state index contributed by atoms with van der Waals surface area (Å²) in [5.41, 5.74) is 2.23. The van der Waals surface area contributed by atoms with Gasteiger partial charge in [-0.1, -0.05) is 31.5 Å². The number of aromatic nitrogens is 1. The van der Waals surface area contributed by atoms with Gasteiger partial charge in [-0.25, -0.2) is 0 Å². The number of ether oxygens (including phenoxy) is 1. The van der Waals surface area contributed by atoms with Crippen molar-refractivity contribution in [2.45, 2.75) is 19.8 Å². The van der Waals surface area contributed by atoms with Crippen molar-refractivity contribution in [3.8, 4) is 16.9 Å². The number of methoxy groups -OCH3 is 1. The molecule has 1 heterocycles. The Labute approximate surface area is 125 Å². The summed E-state index contributed by atoms with van der Waals surface area (Å²) in [5.74, 6) is 0.659. The van der Waals surface area contributed by atoms with Crippen LogP contribution in [0.2, 0.25) is 0 Å². The quantitative estimate of drug-likeness (QED) is 0.828. The molecule has 1 aromatic carbocycles. The second-order valence-corrected chi connectivity index (χ2v) is 4.74. The molecule has 2 rings (SSSR count). The van der Waals surface area contributed by atoms with E-state index in [0.717, 1.165) is 29.7 Å². The van der Waals surface area contributed by atoms with Gasteiger partial charge in [0.05, 0.1) is 7.11 Å². The van der Waals surface area contributed by atoms with Crippen LogP contribution >= 0.6 is 0 Å². The van der Waals surface area contributed by atoms with Gasteiger partial charge in [-0.2, -0.15) is 0 Å². The summed E-state index contributed by atoms with van der Waals surface area (Å²) < 4.78 is 5.15. The number of rotatable bonds is 6. The largest absolute Gasteiger partial charge is 0.497 e. The van der Waals surface area contributed by atoms with Gasteiger partial charge in [0.1, 0.15) is 11.4 Å². The Balaban J connectivity index is 2.25. The predicted molar refractivity (Wildman–Crippen MR) is 83.5 cm³/mol. The van der Waals surface area contributed by atoms with Crippen molar-refractivity contribution < 1.29 is 9.53 Å². The molecule has 1 N–H and O–H groups in total. The van der Waals surface area contributed by atoms with Crippen LogP contribution in [0.1, 0.15) is 30.3 Å². The first-order valence-electron chi connectivity index (χ1n) is 7.14. The zero-order valence-corrected chi connectivity index (χ0v) is 12.4. The van der Waals surface area contributed by atoms with Gasteiger partial charge in [0.25, 0.3) is 5.91 Å². The third kappa shape index (κ3) is 3.81. The molecule has 0 aliphatic rings. The zero-order chi connectivity index (χ0) is 15.1. The van der Waals surface area contributed by atoms with E-state index in [9.17, 15) is 4.79 Å². The lowest BCUT2D eigenvalue weighted by atomic mass is 10.0. The minimum absolute atomic E-state index is 0.130. The smallest absolute Gasteiger partial charge is 0.270 e. The summed E-state index contributed by atoms with van der Waals surface area (Å²) >= 11 is 0. The van der Waals surface area contributed by atoms with E-state index in [2.05, 4.69) is 17.2 Å². The molecule has 0 spiro atoms. The van der Waals surface area contributed by atoms with E-state index < -0.39 is 0 Å². The van der Waals surface area contributed by atoms with E-state index >= 15 is 0 Å². The van der Waals surface area contributed by atoms with Crippen LogP contribution < -0.4 is 10.1 Å². The fourth-order valence-corrected chi connectivity index (χ4v) is 2.05. The predicted octanol–water partition coefficient (Wildman–Crippen LogP) is 3.29. The Kier molecular flexibility index (Phi) is 5.32. The highest BCUT2D eigenvalue weighted by Crippen LogP contribution is 2.24. The van der Waals surface area contributed by atoms with Crippen LogP contribution in [0.5, 0.6) is 5.75 Å². The molecule has 110 valence electrons. The second-order valence-electron chi connectivity index (χ2n) is 4.74. The molecule has 0 atom stereocenters. The van der Waals surface area contributed by atoms with Gasteiger partial charge in [-0.3, -0.25) is 9.78 Å². The van der Waals surface area contributed by atoms with E-state index in [1.807, 2.05) is 36.4 Å².